The lowest BCUT2D eigenvalue weighted by Crippen LogP contribution is -2.07. The highest BCUT2D eigenvalue weighted by molar-refractivity contribution is 7.99. The number of benzene rings is 2. The van der Waals surface area contributed by atoms with Gasteiger partial charge in [0.15, 0.2) is 11.4 Å². The van der Waals surface area contributed by atoms with Crippen molar-refractivity contribution in [1.29, 1.82) is 0 Å². The molecule has 4 nitrogen and oxygen atoms in total. The van der Waals surface area contributed by atoms with Gasteiger partial charge in [-0.3, -0.25) is 4.79 Å². The first-order valence-corrected chi connectivity index (χ1v) is 9.92. The van der Waals surface area contributed by atoms with Crippen molar-refractivity contribution in [2.45, 2.75) is 25.6 Å². The molecule has 0 amide bonds. The van der Waals surface area contributed by atoms with Crippen LogP contribution in [0.5, 0.6) is 0 Å². The van der Waals surface area contributed by atoms with Gasteiger partial charge in [0.2, 0.25) is 0 Å². The molecule has 2 aromatic carbocycles. The van der Waals surface area contributed by atoms with E-state index in [1.165, 1.54) is 23.9 Å². The lowest BCUT2D eigenvalue weighted by Gasteiger charge is -2.10. The zero-order valence-electron chi connectivity index (χ0n) is 15.6. The number of hydrogen-bond donors (Lipinski definition) is 0. The van der Waals surface area contributed by atoms with Crippen LogP contribution in [-0.4, -0.2) is 21.1 Å². The summed E-state index contributed by atoms with van der Waals surface area (Å²) in [4.78, 5) is 17.2. The van der Waals surface area contributed by atoms with Crippen molar-refractivity contribution in [2.24, 2.45) is 0 Å². The Balaban J connectivity index is 1.49. The van der Waals surface area contributed by atoms with Gasteiger partial charge in [-0.05, 0) is 49.7 Å². The minimum absolute atomic E-state index is 0.0331. The number of hydrogen-bond acceptors (Lipinski definition) is 4. The molecule has 0 N–H and O–H groups in total. The van der Waals surface area contributed by atoms with E-state index >= 15 is 0 Å². The first kappa shape index (κ1) is 18.5. The summed E-state index contributed by atoms with van der Waals surface area (Å²) in [6, 6.07) is 15.9. The molecule has 4 aromatic rings. The predicted octanol–water partition coefficient (Wildman–Crippen LogP) is 5.41. The lowest BCUT2D eigenvalue weighted by molar-refractivity contribution is 0.102. The van der Waals surface area contributed by atoms with Crippen molar-refractivity contribution in [3.8, 4) is 0 Å². The number of rotatable bonds is 6. The fraction of sp³-hybridized carbons (Fsp3) is 0.182. The molecular formula is C22H19FN2O2S. The Hall–Kier alpha value is -2.86. The smallest absolute Gasteiger partial charge is 0.257 e. The van der Waals surface area contributed by atoms with Gasteiger partial charge in [-0.15, -0.1) is 0 Å². The van der Waals surface area contributed by atoms with Gasteiger partial charge in [-0.2, -0.15) is 0 Å². The number of para-hydroxylation sites is 2. The Kier molecular flexibility index (Phi) is 5.05. The maximum absolute atomic E-state index is 13.1. The van der Waals surface area contributed by atoms with E-state index in [0.717, 1.165) is 28.1 Å². The van der Waals surface area contributed by atoms with Crippen molar-refractivity contribution in [2.75, 3.05) is 5.75 Å². The third-order valence-corrected chi connectivity index (χ3v) is 5.56. The van der Waals surface area contributed by atoms with Crippen molar-refractivity contribution >= 4 is 28.6 Å². The second kappa shape index (κ2) is 7.64. The van der Waals surface area contributed by atoms with E-state index in [2.05, 4.69) is 9.55 Å². The van der Waals surface area contributed by atoms with Gasteiger partial charge < -0.3 is 8.98 Å². The van der Waals surface area contributed by atoms with Crippen LogP contribution in [0.1, 0.15) is 27.3 Å². The molecule has 4 rings (SSSR count). The lowest BCUT2D eigenvalue weighted by atomic mass is 10.2. The highest BCUT2D eigenvalue weighted by Gasteiger charge is 2.17. The van der Waals surface area contributed by atoms with Crippen molar-refractivity contribution in [3.05, 3.63) is 82.9 Å². The molecule has 0 saturated heterocycles. The Morgan fingerprint density at radius 1 is 1.14 bits per heavy atom. The molecule has 0 atom stereocenters. The minimum Gasteiger partial charge on any atom is -0.431 e. The summed E-state index contributed by atoms with van der Waals surface area (Å²) < 4.78 is 20.9. The van der Waals surface area contributed by atoms with Gasteiger partial charge >= 0.3 is 0 Å². The van der Waals surface area contributed by atoms with E-state index in [9.17, 15) is 9.18 Å². The van der Waals surface area contributed by atoms with Crippen LogP contribution < -0.4 is 0 Å². The number of oxazole rings is 1. The SMILES string of the molecule is Cc1cc(C(=O)CSc2nc3ccccc3o2)c(C)n1Cc1ccc(F)cc1. The monoisotopic (exact) mass is 394 g/mol. The molecule has 0 bridgehead atoms. The summed E-state index contributed by atoms with van der Waals surface area (Å²) in [5.74, 6) is 0.0377. The number of carbonyl (C=O) groups is 1. The van der Waals surface area contributed by atoms with Crippen molar-refractivity contribution in [1.82, 2.24) is 9.55 Å². The number of ketones is 1. The first-order valence-electron chi connectivity index (χ1n) is 8.94. The largest absolute Gasteiger partial charge is 0.431 e. The van der Waals surface area contributed by atoms with E-state index in [-0.39, 0.29) is 17.4 Å². The maximum atomic E-state index is 13.1. The molecule has 0 spiro atoms. The van der Waals surface area contributed by atoms with Gasteiger partial charge in [0.1, 0.15) is 11.3 Å². The second-order valence-corrected chi connectivity index (χ2v) is 7.58. The maximum Gasteiger partial charge on any atom is 0.257 e. The number of nitrogens with zero attached hydrogens (tertiary/aromatic N) is 2. The zero-order valence-corrected chi connectivity index (χ0v) is 16.4. The number of thioether (sulfide) groups is 1. The normalized spacial score (nSPS) is 11.2. The zero-order chi connectivity index (χ0) is 19.7. The average Bonchev–Trinajstić information content (AvgIpc) is 3.23. The molecule has 6 heteroatoms. The van der Waals surface area contributed by atoms with Crippen LogP contribution in [0.3, 0.4) is 0 Å². The van der Waals surface area contributed by atoms with Gasteiger partial charge in [-0.25, -0.2) is 9.37 Å². The summed E-state index contributed by atoms with van der Waals surface area (Å²) >= 11 is 1.30. The summed E-state index contributed by atoms with van der Waals surface area (Å²) in [6.07, 6.45) is 0. The number of Topliss-reactive ketones (excluding diaryl/α,β-unsaturated/α-hetero) is 1. The van der Waals surface area contributed by atoms with Crippen LogP contribution in [0, 0.1) is 19.7 Å². The Bertz CT molecular complexity index is 1110. The Labute approximate surface area is 166 Å². The van der Waals surface area contributed by atoms with Crippen LogP contribution in [-0.2, 0) is 6.54 Å². The standard InChI is InChI=1S/C22H19FN2O2S/c1-14-11-18(15(2)25(14)12-16-7-9-17(23)10-8-16)20(26)13-28-22-24-19-5-3-4-6-21(19)27-22/h3-11H,12-13H2,1-2H3. The summed E-state index contributed by atoms with van der Waals surface area (Å²) in [5, 5.41) is 0.495. The van der Waals surface area contributed by atoms with Crippen molar-refractivity contribution < 1.29 is 13.6 Å². The molecule has 0 fully saturated rings. The summed E-state index contributed by atoms with van der Waals surface area (Å²) in [5.41, 5.74) is 5.10. The minimum atomic E-state index is -0.253. The first-order chi connectivity index (χ1) is 13.5. The van der Waals surface area contributed by atoms with Crippen LogP contribution in [0.2, 0.25) is 0 Å². The number of halogens is 1. The topological polar surface area (TPSA) is 48.0 Å². The number of aryl methyl sites for hydroxylation is 1. The van der Waals surface area contributed by atoms with Gasteiger partial charge in [0.25, 0.3) is 5.22 Å². The van der Waals surface area contributed by atoms with E-state index in [1.54, 1.807) is 12.1 Å². The van der Waals surface area contributed by atoms with Crippen LogP contribution in [0.4, 0.5) is 4.39 Å². The fourth-order valence-electron chi connectivity index (χ4n) is 3.22. The third kappa shape index (κ3) is 3.73. The fourth-order valence-corrected chi connectivity index (χ4v) is 3.94. The van der Waals surface area contributed by atoms with Crippen LogP contribution in [0.15, 0.2) is 64.2 Å². The molecule has 0 aliphatic carbocycles. The summed E-state index contributed by atoms with van der Waals surface area (Å²) in [7, 11) is 0. The third-order valence-electron chi connectivity index (χ3n) is 4.73. The molecule has 2 heterocycles. The summed E-state index contributed by atoms with van der Waals surface area (Å²) in [6.45, 7) is 4.51. The van der Waals surface area contributed by atoms with E-state index < -0.39 is 0 Å². The van der Waals surface area contributed by atoms with Crippen molar-refractivity contribution in [3.63, 3.8) is 0 Å². The quantitative estimate of drug-likeness (QED) is 0.324. The Morgan fingerprint density at radius 2 is 1.89 bits per heavy atom. The molecule has 0 radical (unpaired) electrons. The molecule has 0 aliphatic rings. The molecule has 0 aliphatic heterocycles. The van der Waals surface area contributed by atoms with E-state index in [1.807, 2.05) is 44.2 Å². The average molecular weight is 394 g/mol. The van der Waals surface area contributed by atoms with E-state index in [4.69, 9.17) is 4.42 Å². The van der Waals surface area contributed by atoms with E-state index in [0.29, 0.717) is 17.3 Å². The molecule has 2 aromatic heterocycles. The molecular weight excluding hydrogens is 375 g/mol. The predicted molar refractivity (Wildman–Crippen MR) is 108 cm³/mol. The number of fused-ring (bicyclic) bond motifs is 1. The molecule has 0 unspecified atom stereocenters. The molecule has 0 saturated carbocycles. The van der Waals surface area contributed by atoms with Gasteiger partial charge in [-0.1, -0.05) is 36.0 Å². The second-order valence-electron chi connectivity index (χ2n) is 6.66. The molecule has 142 valence electrons. The highest BCUT2D eigenvalue weighted by Crippen LogP contribution is 2.25. The van der Waals surface area contributed by atoms with Crippen LogP contribution in [0.25, 0.3) is 11.1 Å². The van der Waals surface area contributed by atoms with Crippen LogP contribution >= 0.6 is 11.8 Å². The highest BCUT2D eigenvalue weighted by atomic mass is 32.2. The number of aromatic nitrogens is 2. The number of carbonyl (C=O) groups excluding carboxylic acids is 1. The van der Waals surface area contributed by atoms with Gasteiger partial charge in [0, 0.05) is 23.5 Å². The Morgan fingerprint density at radius 3 is 2.64 bits per heavy atom. The van der Waals surface area contributed by atoms with Gasteiger partial charge in [0.05, 0.1) is 5.75 Å². The molecule has 28 heavy (non-hydrogen) atoms.